The van der Waals surface area contributed by atoms with Crippen LogP contribution in [0.4, 0.5) is 5.69 Å². The standard InChI is InChI=1S/C36H37NO8S.2C2H6/c1-39-28-15-12-23(11-14-27(38)25-21-32(41-3)35(43-5)33(22-25)42-4)19-30(28)44-17-8-18-45-31-20-24(13-16-29(31)40-2)36-37-26-9-6-7-10-34(26)46-36;2*1-2/h6-7,9-16,19-22,36-37H,8,17-18H2,1-5H3;2*1-2H3/b14-11+;;. The number of carbonyl (C=O) groups is 1. The van der Waals surface area contributed by atoms with Crippen LogP contribution in [0, 0.1) is 0 Å². The molecule has 1 N–H and O–H groups in total. The van der Waals surface area contributed by atoms with E-state index >= 15 is 0 Å². The second-order valence-electron chi connectivity index (χ2n) is 10.1. The summed E-state index contributed by atoms with van der Waals surface area (Å²) < 4.78 is 39.3. The maximum atomic E-state index is 13.0. The van der Waals surface area contributed by atoms with Gasteiger partial charge in [-0.2, -0.15) is 0 Å². The Morgan fingerprint density at radius 2 is 1.26 bits per heavy atom. The molecule has 10 heteroatoms. The minimum Gasteiger partial charge on any atom is -0.493 e. The van der Waals surface area contributed by atoms with Crippen LogP contribution in [0.25, 0.3) is 6.08 Å². The summed E-state index contributed by atoms with van der Waals surface area (Å²) in [4.78, 5) is 14.2. The molecule has 4 aromatic rings. The second-order valence-corrected chi connectivity index (χ2v) is 11.3. The number of thioether (sulfide) groups is 1. The summed E-state index contributed by atoms with van der Waals surface area (Å²) >= 11 is 1.78. The molecular weight excluding hydrogens is 655 g/mol. The fraction of sp³-hybridized carbons (Fsp3) is 0.325. The van der Waals surface area contributed by atoms with E-state index in [-0.39, 0.29) is 11.2 Å². The molecule has 50 heavy (non-hydrogen) atoms. The van der Waals surface area contributed by atoms with E-state index in [4.69, 9.17) is 33.2 Å². The molecule has 1 unspecified atom stereocenters. The lowest BCUT2D eigenvalue weighted by atomic mass is 10.1. The van der Waals surface area contributed by atoms with Crippen molar-refractivity contribution in [2.75, 3.05) is 54.1 Å². The van der Waals surface area contributed by atoms with Crippen molar-refractivity contribution in [1.82, 2.24) is 0 Å². The quantitative estimate of drug-likeness (QED) is 0.0733. The Labute approximate surface area is 300 Å². The van der Waals surface area contributed by atoms with Crippen LogP contribution in [0.15, 0.2) is 83.8 Å². The third-order valence-electron chi connectivity index (χ3n) is 7.28. The van der Waals surface area contributed by atoms with Gasteiger partial charge in [0.25, 0.3) is 0 Å². The van der Waals surface area contributed by atoms with Crippen LogP contribution in [-0.2, 0) is 0 Å². The molecule has 268 valence electrons. The van der Waals surface area contributed by atoms with Gasteiger partial charge in [0, 0.05) is 22.6 Å². The van der Waals surface area contributed by atoms with Gasteiger partial charge in [0.05, 0.1) is 48.8 Å². The van der Waals surface area contributed by atoms with Crippen LogP contribution in [0.1, 0.15) is 61.0 Å². The maximum Gasteiger partial charge on any atom is 0.203 e. The Morgan fingerprint density at radius 3 is 1.84 bits per heavy atom. The van der Waals surface area contributed by atoms with Crippen LogP contribution in [0.2, 0.25) is 0 Å². The Morgan fingerprint density at radius 1 is 0.680 bits per heavy atom. The van der Waals surface area contributed by atoms with Crippen LogP contribution in [-0.4, -0.2) is 54.5 Å². The summed E-state index contributed by atoms with van der Waals surface area (Å²) in [5.74, 6) is 3.52. The van der Waals surface area contributed by atoms with Gasteiger partial charge >= 0.3 is 0 Å². The van der Waals surface area contributed by atoms with E-state index in [1.807, 2.05) is 64.1 Å². The first-order valence-corrected chi connectivity index (χ1v) is 17.5. The number of hydrogen-bond donors (Lipinski definition) is 1. The van der Waals surface area contributed by atoms with Crippen molar-refractivity contribution in [3.8, 4) is 40.2 Å². The highest BCUT2D eigenvalue weighted by atomic mass is 32.2. The van der Waals surface area contributed by atoms with Gasteiger partial charge in [-0.1, -0.05) is 69.8 Å². The fourth-order valence-corrected chi connectivity index (χ4v) is 6.06. The van der Waals surface area contributed by atoms with E-state index in [1.54, 1.807) is 50.3 Å². The lowest BCUT2D eigenvalue weighted by molar-refractivity contribution is 0.104. The zero-order valence-electron chi connectivity index (χ0n) is 30.5. The van der Waals surface area contributed by atoms with Crippen LogP contribution >= 0.6 is 11.8 Å². The van der Waals surface area contributed by atoms with E-state index in [1.165, 1.54) is 32.3 Å². The topological polar surface area (TPSA) is 93.7 Å². The first-order chi connectivity index (χ1) is 24.5. The zero-order chi connectivity index (χ0) is 36.5. The van der Waals surface area contributed by atoms with Gasteiger partial charge in [0.2, 0.25) is 5.75 Å². The van der Waals surface area contributed by atoms with Crippen LogP contribution in [0.5, 0.6) is 40.2 Å². The van der Waals surface area contributed by atoms with Crippen molar-refractivity contribution >= 4 is 29.3 Å². The van der Waals surface area contributed by atoms with Crippen molar-refractivity contribution in [3.05, 3.63) is 95.6 Å². The number of allylic oxidation sites excluding steroid dienone is 1. The van der Waals surface area contributed by atoms with Gasteiger partial charge in [0.15, 0.2) is 40.3 Å². The summed E-state index contributed by atoms with van der Waals surface area (Å²) in [6, 6.07) is 23.0. The minimum atomic E-state index is -0.221. The van der Waals surface area contributed by atoms with Crippen LogP contribution < -0.4 is 38.5 Å². The average molecular weight is 704 g/mol. The predicted molar refractivity (Wildman–Crippen MR) is 202 cm³/mol. The molecule has 1 aliphatic rings. The van der Waals surface area contributed by atoms with Crippen molar-refractivity contribution in [2.24, 2.45) is 0 Å². The number of benzene rings is 4. The molecule has 0 spiro atoms. The lowest BCUT2D eigenvalue weighted by Gasteiger charge is -2.16. The highest BCUT2D eigenvalue weighted by Gasteiger charge is 2.23. The zero-order valence-corrected chi connectivity index (χ0v) is 31.3. The molecule has 5 rings (SSSR count). The molecular formula is C40H49NO8S. The Bertz CT molecular complexity index is 1660. The van der Waals surface area contributed by atoms with E-state index in [2.05, 4.69) is 23.5 Å². The molecule has 0 amide bonds. The first kappa shape index (κ1) is 39.5. The first-order valence-electron chi connectivity index (χ1n) is 16.6. The Balaban J connectivity index is 0.00000163. The van der Waals surface area contributed by atoms with E-state index in [9.17, 15) is 4.79 Å². The van der Waals surface area contributed by atoms with E-state index < -0.39 is 0 Å². The highest BCUT2D eigenvalue weighted by Crippen LogP contribution is 2.47. The smallest absolute Gasteiger partial charge is 0.203 e. The summed E-state index contributed by atoms with van der Waals surface area (Å²) in [5, 5.41) is 3.66. The summed E-state index contributed by atoms with van der Waals surface area (Å²) in [7, 11) is 7.75. The fourth-order valence-electron chi connectivity index (χ4n) is 4.93. The molecule has 0 bridgehead atoms. The summed E-state index contributed by atoms with van der Waals surface area (Å²) in [6.07, 6.45) is 3.83. The SMILES string of the molecule is CC.CC.COc1ccc(/C=C/C(=O)c2cc(OC)c(OC)c(OC)c2)cc1OCCCOc1cc(C2Nc3ccccc3S2)ccc1OC. The molecule has 0 aliphatic carbocycles. The van der Waals surface area contributed by atoms with Crippen molar-refractivity contribution < 1.29 is 38.0 Å². The third kappa shape index (κ3) is 10.0. The van der Waals surface area contributed by atoms with Gasteiger partial charge in [-0.3, -0.25) is 4.79 Å². The number of anilines is 1. The molecule has 0 aromatic heterocycles. The number of ether oxygens (including phenoxy) is 7. The average Bonchev–Trinajstić information content (AvgIpc) is 3.62. The monoisotopic (exact) mass is 703 g/mol. The number of para-hydroxylation sites is 1. The molecule has 1 heterocycles. The Kier molecular flexibility index (Phi) is 16.2. The predicted octanol–water partition coefficient (Wildman–Crippen LogP) is 9.74. The number of fused-ring (bicyclic) bond motifs is 1. The number of rotatable bonds is 15. The molecule has 0 saturated heterocycles. The lowest BCUT2D eigenvalue weighted by Crippen LogP contribution is -2.07. The van der Waals surface area contributed by atoms with E-state index in [0.29, 0.717) is 65.4 Å². The molecule has 4 aromatic carbocycles. The largest absolute Gasteiger partial charge is 0.493 e. The molecule has 0 fully saturated rings. The molecule has 0 saturated carbocycles. The molecule has 9 nitrogen and oxygen atoms in total. The minimum absolute atomic E-state index is 0.0972. The Hall–Kier alpha value is -4.96. The van der Waals surface area contributed by atoms with Crippen molar-refractivity contribution in [2.45, 2.75) is 44.4 Å². The van der Waals surface area contributed by atoms with Gasteiger partial charge in [0.1, 0.15) is 5.37 Å². The van der Waals surface area contributed by atoms with Gasteiger partial charge in [-0.05, 0) is 65.7 Å². The summed E-state index contributed by atoms with van der Waals surface area (Å²) in [6.45, 7) is 8.82. The summed E-state index contributed by atoms with van der Waals surface area (Å²) in [5.41, 5.74) is 3.41. The van der Waals surface area contributed by atoms with Crippen LogP contribution in [0.3, 0.4) is 0 Å². The normalized spacial score (nSPS) is 12.6. The van der Waals surface area contributed by atoms with E-state index in [0.717, 1.165) is 16.8 Å². The second kappa shape index (κ2) is 20.5. The van der Waals surface area contributed by atoms with Gasteiger partial charge in [-0.25, -0.2) is 0 Å². The van der Waals surface area contributed by atoms with Gasteiger partial charge < -0.3 is 38.5 Å². The molecule has 0 radical (unpaired) electrons. The molecule has 1 aliphatic heterocycles. The number of methoxy groups -OCH3 is 5. The number of carbonyl (C=O) groups excluding carboxylic acids is 1. The third-order valence-corrected chi connectivity index (χ3v) is 8.51. The van der Waals surface area contributed by atoms with Crippen molar-refractivity contribution in [1.29, 1.82) is 0 Å². The highest BCUT2D eigenvalue weighted by molar-refractivity contribution is 8.00. The number of ketones is 1. The molecule has 1 atom stereocenters. The number of hydrogen-bond acceptors (Lipinski definition) is 10. The maximum absolute atomic E-state index is 13.0. The number of nitrogens with one attached hydrogen (secondary N) is 1. The van der Waals surface area contributed by atoms with Gasteiger partial charge in [-0.15, -0.1) is 0 Å². The van der Waals surface area contributed by atoms with Crippen molar-refractivity contribution in [3.63, 3.8) is 0 Å².